The Morgan fingerprint density at radius 2 is 1.81 bits per heavy atom. The van der Waals surface area contributed by atoms with Gasteiger partial charge in [-0.05, 0) is 75.1 Å². The van der Waals surface area contributed by atoms with Crippen LogP contribution in [0.4, 0.5) is 15.0 Å². The number of aldehydes is 1. The highest BCUT2D eigenvalue weighted by molar-refractivity contribution is 6.35. The van der Waals surface area contributed by atoms with Crippen molar-refractivity contribution in [2.45, 2.75) is 64.3 Å². The van der Waals surface area contributed by atoms with Crippen LogP contribution in [0.3, 0.4) is 0 Å². The molecule has 9 nitrogen and oxygen atoms in total. The molecule has 1 aromatic heterocycles. The molecular weight excluding hydrogens is 575 g/mol. The number of hydrogen-bond acceptors (Lipinski definition) is 8. The first-order valence-corrected chi connectivity index (χ1v) is 14.6. The van der Waals surface area contributed by atoms with Crippen LogP contribution in [0.25, 0.3) is 32.8 Å². The Morgan fingerprint density at radius 3 is 2.49 bits per heavy atom. The molecule has 6 rings (SSSR count). The van der Waals surface area contributed by atoms with E-state index in [9.17, 15) is 14.7 Å². The molecule has 3 aromatic carbocycles. The first kappa shape index (κ1) is 28.9. The topological polar surface area (TPSA) is 105 Å². The largest absolute Gasteiger partial charge is 0.508 e. The van der Waals surface area contributed by atoms with Gasteiger partial charge in [0, 0.05) is 24.0 Å². The fourth-order valence-electron chi connectivity index (χ4n) is 6.08. The lowest BCUT2D eigenvalue weighted by atomic mass is 9.96. The molecule has 1 N–H and O–H groups in total. The van der Waals surface area contributed by atoms with Crippen molar-refractivity contribution >= 4 is 51.5 Å². The third-order valence-electron chi connectivity index (χ3n) is 7.83. The molecule has 11 heteroatoms. The maximum Gasteiger partial charge on any atom is 0.410 e. The van der Waals surface area contributed by atoms with Gasteiger partial charge in [-0.25, -0.2) is 9.18 Å². The first-order valence-electron chi connectivity index (χ1n) is 14.2. The van der Waals surface area contributed by atoms with Crippen molar-refractivity contribution in [1.82, 2.24) is 14.9 Å². The van der Waals surface area contributed by atoms with E-state index in [1.807, 2.05) is 49.9 Å². The number of amides is 1. The number of halogens is 2. The molecule has 2 aliphatic heterocycles. The van der Waals surface area contributed by atoms with Crippen molar-refractivity contribution < 1.29 is 28.6 Å². The van der Waals surface area contributed by atoms with Gasteiger partial charge < -0.3 is 19.5 Å². The molecule has 4 aromatic rings. The molecule has 43 heavy (non-hydrogen) atoms. The number of aromatic hydroxyl groups is 1. The van der Waals surface area contributed by atoms with Crippen molar-refractivity contribution in [3.63, 3.8) is 0 Å². The van der Waals surface area contributed by atoms with Gasteiger partial charge in [0.15, 0.2) is 18.2 Å². The summed E-state index contributed by atoms with van der Waals surface area (Å²) >= 11 is 6.81. The lowest BCUT2D eigenvalue weighted by Gasteiger charge is -2.42. The average molecular weight is 607 g/mol. The Balaban J connectivity index is 1.48. The van der Waals surface area contributed by atoms with Crippen LogP contribution in [-0.2, 0) is 9.53 Å². The van der Waals surface area contributed by atoms with Crippen LogP contribution in [0.1, 0.15) is 40.5 Å². The smallest absolute Gasteiger partial charge is 0.410 e. The molecule has 0 aliphatic carbocycles. The van der Waals surface area contributed by atoms with Crippen LogP contribution in [0.2, 0.25) is 5.02 Å². The van der Waals surface area contributed by atoms with Gasteiger partial charge in [-0.1, -0.05) is 35.9 Å². The number of anilines is 1. The number of ether oxygens (including phenoxy) is 2. The SMILES string of the molecule is C[C@H](C=O)Oc1nc(N2CC3CCC(C2)N3C(=O)OC(C)(C)C)c2cc(Cl)c(-c3cc(O)cc4ccccc34)c(F)c2n1. The van der Waals surface area contributed by atoms with Crippen LogP contribution in [-0.4, -0.2) is 69.2 Å². The second kappa shape index (κ2) is 10.8. The van der Waals surface area contributed by atoms with Crippen LogP contribution >= 0.6 is 11.6 Å². The molecule has 3 atom stereocenters. The molecule has 3 heterocycles. The summed E-state index contributed by atoms with van der Waals surface area (Å²) in [5, 5.41) is 12.4. The minimum Gasteiger partial charge on any atom is -0.508 e. The van der Waals surface area contributed by atoms with E-state index in [1.165, 1.54) is 6.07 Å². The zero-order chi connectivity index (χ0) is 30.6. The lowest BCUT2D eigenvalue weighted by Crippen LogP contribution is -2.57. The van der Waals surface area contributed by atoms with Gasteiger partial charge in [-0.15, -0.1) is 0 Å². The minimum atomic E-state index is -0.865. The lowest BCUT2D eigenvalue weighted by molar-refractivity contribution is -0.113. The quantitative estimate of drug-likeness (QED) is 0.257. The van der Waals surface area contributed by atoms with Crippen LogP contribution < -0.4 is 9.64 Å². The predicted octanol–water partition coefficient (Wildman–Crippen LogP) is 6.50. The Morgan fingerprint density at radius 1 is 1.12 bits per heavy atom. The Labute approximate surface area is 253 Å². The Kier molecular flexibility index (Phi) is 7.28. The number of piperazine rings is 1. The number of benzene rings is 3. The first-order chi connectivity index (χ1) is 20.4. The molecule has 1 amide bonds. The highest BCUT2D eigenvalue weighted by Crippen LogP contribution is 2.43. The maximum absolute atomic E-state index is 16.6. The molecule has 2 fully saturated rings. The van der Waals surface area contributed by atoms with Crippen molar-refractivity contribution in [3.05, 3.63) is 53.3 Å². The van der Waals surface area contributed by atoms with Gasteiger partial charge >= 0.3 is 12.1 Å². The maximum atomic E-state index is 16.6. The predicted molar refractivity (Wildman–Crippen MR) is 162 cm³/mol. The van der Waals surface area contributed by atoms with Gasteiger partial charge in [-0.2, -0.15) is 9.97 Å². The van der Waals surface area contributed by atoms with Crippen LogP contribution in [0.5, 0.6) is 11.8 Å². The van der Waals surface area contributed by atoms with E-state index in [2.05, 4.69) is 9.97 Å². The highest BCUT2D eigenvalue weighted by atomic mass is 35.5. The molecule has 2 saturated heterocycles. The summed E-state index contributed by atoms with van der Waals surface area (Å²) in [6.07, 6.45) is 0.969. The molecule has 0 saturated carbocycles. The third-order valence-corrected chi connectivity index (χ3v) is 8.13. The van der Waals surface area contributed by atoms with Gasteiger partial charge in [0.1, 0.15) is 22.7 Å². The van der Waals surface area contributed by atoms with E-state index in [1.54, 1.807) is 24.0 Å². The van der Waals surface area contributed by atoms with Gasteiger partial charge in [0.05, 0.1) is 17.1 Å². The number of aromatic nitrogens is 2. The summed E-state index contributed by atoms with van der Waals surface area (Å²) in [6, 6.07) is 11.6. The fraction of sp³-hybridized carbons (Fsp3) is 0.375. The third kappa shape index (κ3) is 5.40. The second-order valence-corrected chi connectivity index (χ2v) is 12.5. The summed E-state index contributed by atoms with van der Waals surface area (Å²) < 4.78 is 28.0. The molecule has 2 bridgehead atoms. The van der Waals surface area contributed by atoms with Crippen LogP contribution in [0, 0.1) is 5.82 Å². The van der Waals surface area contributed by atoms with E-state index in [-0.39, 0.29) is 46.0 Å². The van der Waals surface area contributed by atoms with E-state index in [0.29, 0.717) is 41.5 Å². The standard InChI is InChI=1S/C32H32ClFN4O5/c1-17(16-39)42-30-35-28-24(13-25(33)26(27(28)34)23-12-21(40)11-18-7-5-6-8-22(18)23)29(36-30)37-14-19-9-10-20(15-37)38(19)31(41)43-32(2,3)4/h5-8,11-13,16-17,19-20,40H,9-10,14-15H2,1-4H3/t17-,19?,20?/m1/s1. The molecule has 2 unspecified atom stereocenters. The van der Waals surface area contributed by atoms with Gasteiger partial charge in [0.2, 0.25) is 0 Å². The van der Waals surface area contributed by atoms with Crippen molar-refractivity contribution in [1.29, 1.82) is 0 Å². The molecule has 0 radical (unpaired) electrons. The molecular formula is C32H32ClFN4O5. The van der Waals surface area contributed by atoms with Crippen molar-refractivity contribution in [2.24, 2.45) is 0 Å². The summed E-state index contributed by atoms with van der Waals surface area (Å²) in [5.74, 6) is -0.345. The van der Waals surface area contributed by atoms with Gasteiger partial charge in [0.25, 0.3) is 0 Å². The number of phenols is 1. The number of rotatable bonds is 5. The van der Waals surface area contributed by atoms with E-state index in [4.69, 9.17) is 21.1 Å². The number of carbonyl (C=O) groups is 2. The van der Waals surface area contributed by atoms with Crippen LogP contribution in [0.15, 0.2) is 42.5 Å². The van der Waals surface area contributed by atoms with Crippen molar-refractivity contribution in [3.8, 4) is 22.9 Å². The number of carbonyl (C=O) groups excluding carboxylic acids is 2. The molecule has 224 valence electrons. The number of phenolic OH excluding ortho intramolecular Hbond substituents is 1. The van der Waals surface area contributed by atoms with E-state index in [0.717, 1.165) is 18.2 Å². The number of fused-ring (bicyclic) bond motifs is 4. The fourth-order valence-corrected chi connectivity index (χ4v) is 6.38. The summed E-state index contributed by atoms with van der Waals surface area (Å²) in [5.41, 5.74) is -0.167. The normalized spacial score (nSPS) is 19.1. The van der Waals surface area contributed by atoms with E-state index >= 15 is 4.39 Å². The summed E-state index contributed by atoms with van der Waals surface area (Å²) in [7, 11) is 0. The number of nitrogens with zero attached hydrogens (tertiary/aromatic N) is 4. The molecule has 2 aliphatic rings. The Hall–Kier alpha value is -4.18. The summed E-state index contributed by atoms with van der Waals surface area (Å²) in [6.45, 7) is 7.92. The minimum absolute atomic E-state index is 0.0326. The zero-order valence-corrected chi connectivity index (χ0v) is 25.1. The zero-order valence-electron chi connectivity index (χ0n) is 24.3. The summed E-state index contributed by atoms with van der Waals surface area (Å²) in [4.78, 5) is 37.2. The second-order valence-electron chi connectivity index (χ2n) is 12.1. The van der Waals surface area contributed by atoms with Gasteiger partial charge in [-0.3, -0.25) is 9.69 Å². The van der Waals surface area contributed by atoms with Crippen molar-refractivity contribution in [2.75, 3.05) is 18.0 Å². The highest BCUT2D eigenvalue weighted by Gasteiger charge is 2.45. The number of hydrogen-bond donors (Lipinski definition) is 1. The Bertz CT molecular complexity index is 1750. The average Bonchev–Trinajstić information content (AvgIpc) is 3.21. The monoisotopic (exact) mass is 606 g/mol. The van der Waals surface area contributed by atoms with E-state index < -0.39 is 17.5 Å². The molecule has 0 spiro atoms.